The molecule has 2 aromatic heterocycles. The number of nitrogens with zero attached hydrogens (tertiary/aromatic N) is 1. The van der Waals surface area contributed by atoms with Gasteiger partial charge in [-0.25, -0.2) is 0 Å². The first-order valence-corrected chi connectivity index (χ1v) is 18.2. The first-order valence-electron chi connectivity index (χ1n) is 18.2. The number of benzene rings is 8. The molecule has 3 heteroatoms. The second-order valence-electron chi connectivity index (χ2n) is 14.2. The molecule has 0 N–H and O–H groups in total. The number of hydrogen-bond acceptors (Lipinski definition) is 3. The van der Waals surface area contributed by atoms with Crippen LogP contribution in [0.25, 0.3) is 66.1 Å². The Morgan fingerprint density at radius 2 is 0.943 bits per heavy atom. The molecule has 3 nitrogen and oxygen atoms in total. The second kappa shape index (κ2) is 11.3. The highest BCUT2D eigenvalue weighted by molar-refractivity contribution is 6.18. The largest absolute Gasteiger partial charge is 0.456 e. The molecule has 250 valence electrons. The molecular formula is C50H33NO2. The summed E-state index contributed by atoms with van der Waals surface area (Å²) >= 11 is 0. The third-order valence-electron chi connectivity index (χ3n) is 11.4. The predicted molar refractivity (Wildman–Crippen MR) is 219 cm³/mol. The highest BCUT2D eigenvalue weighted by Gasteiger charge is 2.41. The molecule has 0 saturated heterocycles. The fraction of sp³-hybridized carbons (Fsp3) is 0.0400. The fourth-order valence-corrected chi connectivity index (χ4v) is 8.85. The van der Waals surface area contributed by atoms with Crippen molar-refractivity contribution in [3.63, 3.8) is 0 Å². The quantitative estimate of drug-likeness (QED) is 0.181. The Kier molecular flexibility index (Phi) is 6.38. The molecule has 10 aromatic rings. The van der Waals surface area contributed by atoms with Gasteiger partial charge in [-0.15, -0.1) is 0 Å². The summed E-state index contributed by atoms with van der Waals surface area (Å²) in [4.78, 5) is 2.42. The van der Waals surface area contributed by atoms with Crippen LogP contribution in [0.1, 0.15) is 23.6 Å². The van der Waals surface area contributed by atoms with E-state index in [1.165, 1.54) is 38.9 Å². The minimum Gasteiger partial charge on any atom is -0.456 e. The Labute approximate surface area is 307 Å². The summed E-state index contributed by atoms with van der Waals surface area (Å²) in [5.41, 5.74) is 14.8. The summed E-state index contributed by atoms with van der Waals surface area (Å²) in [5.74, 6) is 0. The Balaban J connectivity index is 1.25. The SMILES string of the molecule is CC1(c2cc(N(c3ccc(-c4ccccc4)cc3)c3cccc4oc5ccccc5c34)c3c(c2)oc2ccccc23)c2ccccc2-c2ccccc21. The van der Waals surface area contributed by atoms with Crippen molar-refractivity contribution in [2.24, 2.45) is 0 Å². The van der Waals surface area contributed by atoms with E-state index in [9.17, 15) is 0 Å². The monoisotopic (exact) mass is 679 g/mol. The lowest BCUT2D eigenvalue weighted by atomic mass is 9.74. The summed E-state index contributed by atoms with van der Waals surface area (Å²) in [6.07, 6.45) is 0. The first kappa shape index (κ1) is 29.8. The van der Waals surface area contributed by atoms with E-state index in [-0.39, 0.29) is 0 Å². The van der Waals surface area contributed by atoms with E-state index < -0.39 is 5.41 Å². The van der Waals surface area contributed by atoms with Gasteiger partial charge >= 0.3 is 0 Å². The fourth-order valence-electron chi connectivity index (χ4n) is 8.85. The van der Waals surface area contributed by atoms with E-state index in [0.29, 0.717) is 0 Å². The summed E-state index contributed by atoms with van der Waals surface area (Å²) in [5, 5.41) is 4.31. The van der Waals surface area contributed by atoms with Crippen molar-refractivity contribution in [3.8, 4) is 22.3 Å². The van der Waals surface area contributed by atoms with Crippen LogP contribution >= 0.6 is 0 Å². The van der Waals surface area contributed by atoms with E-state index in [1.807, 2.05) is 6.07 Å². The smallest absolute Gasteiger partial charge is 0.137 e. The molecule has 53 heavy (non-hydrogen) atoms. The van der Waals surface area contributed by atoms with Crippen LogP contribution in [0, 0.1) is 0 Å². The molecule has 0 fully saturated rings. The summed E-state index contributed by atoms with van der Waals surface area (Å²) < 4.78 is 13.3. The van der Waals surface area contributed by atoms with Crippen molar-refractivity contribution in [1.82, 2.24) is 0 Å². The van der Waals surface area contributed by atoms with Crippen molar-refractivity contribution >= 4 is 60.9 Å². The Hall–Kier alpha value is -6.84. The van der Waals surface area contributed by atoms with Crippen LogP contribution < -0.4 is 4.90 Å². The lowest BCUT2D eigenvalue weighted by Crippen LogP contribution is -2.23. The van der Waals surface area contributed by atoms with Crippen LogP contribution in [-0.4, -0.2) is 0 Å². The molecule has 11 rings (SSSR count). The van der Waals surface area contributed by atoms with Gasteiger partial charge in [0.25, 0.3) is 0 Å². The van der Waals surface area contributed by atoms with E-state index in [1.54, 1.807) is 0 Å². The van der Waals surface area contributed by atoms with Crippen LogP contribution in [0.3, 0.4) is 0 Å². The second-order valence-corrected chi connectivity index (χ2v) is 14.2. The average molecular weight is 680 g/mol. The predicted octanol–water partition coefficient (Wildman–Crippen LogP) is 14.0. The van der Waals surface area contributed by atoms with Crippen molar-refractivity contribution in [2.75, 3.05) is 4.90 Å². The minimum absolute atomic E-state index is 0.424. The van der Waals surface area contributed by atoms with Gasteiger partial charge < -0.3 is 13.7 Å². The Morgan fingerprint density at radius 3 is 1.62 bits per heavy atom. The Morgan fingerprint density at radius 1 is 0.415 bits per heavy atom. The highest BCUT2D eigenvalue weighted by atomic mass is 16.3. The van der Waals surface area contributed by atoms with Crippen LogP contribution in [0.4, 0.5) is 17.1 Å². The first-order chi connectivity index (χ1) is 26.2. The van der Waals surface area contributed by atoms with Crippen LogP contribution in [-0.2, 0) is 5.41 Å². The molecule has 0 aliphatic heterocycles. The molecule has 0 atom stereocenters. The summed E-state index contributed by atoms with van der Waals surface area (Å²) in [7, 11) is 0. The maximum absolute atomic E-state index is 6.81. The van der Waals surface area contributed by atoms with Crippen LogP contribution in [0.5, 0.6) is 0 Å². The van der Waals surface area contributed by atoms with Gasteiger partial charge in [0.1, 0.15) is 22.3 Å². The van der Waals surface area contributed by atoms with Gasteiger partial charge in [-0.05, 0) is 94.4 Å². The molecule has 2 heterocycles. The van der Waals surface area contributed by atoms with Crippen LogP contribution in [0.15, 0.2) is 191 Å². The minimum atomic E-state index is -0.424. The summed E-state index contributed by atoms with van der Waals surface area (Å²) in [6, 6.07) is 65.0. The van der Waals surface area contributed by atoms with Gasteiger partial charge in [-0.1, -0.05) is 133 Å². The molecular weight excluding hydrogens is 647 g/mol. The van der Waals surface area contributed by atoms with Gasteiger partial charge in [-0.2, -0.15) is 0 Å². The number of fused-ring (bicyclic) bond motifs is 9. The maximum atomic E-state index is 6.81. The lowest BCUT2D eigenvalue weighted by Gasteiger charge is -2.32. The van der Waals surface area contributed by atoms with E-state index in [2.05, 4.69) is 188 Å². The van der Waals surface area contributed by atoms with Crippen molar-refractivity contribution < 1.29 is 8.83 Å². The van der Waals surface area contributed by atoms with Crippen molar-refractivity contribution in [2.45, 2.75) is 12.3 Å². The van der Waals surface area contributed by atoms with Gasteiger partial charge in [0, 0.05) is 21.9 Å². The third kappa shape index (κ3) is 4.34. The number of para-hydroxylation sites is 2. The normalized spacial score (nSPS) is 13.2. The van der Waals surface area contributed by atoms with Gasteiger partial charge in [0.15, 0.2) is 0 Å². The summed E-state index contributed by atoms with van der Waals surface area (Å²) in [6.45, 7) is 2.37. The highest BCUT2D eigenvalue weighted by Crippen LogP contribution is 2.55. The molecule has 0 unspecified atom stereocenters. The Bertz CT molecular complexity index is 2980. The number of furan rings is 2. The van der Waals surface area contributed by atoms with E-state index >= 15 is 0 Å². The molecule has 0 bridgehead atoms. The zero-order valence-corrected chi connectivity index (χ0v) is 29.1. The van der Waals surface area contributed by atoms with Gasteiger partial charge in [-0.3, -0.25) is 0 Å². The van der Waals surface area contributed by atoms with E-state index in [0.717, 1.165) is 60.9 Å². The molecule has 1 aliphatic rings. The number of rotatable bonds is 5. The molecule has 0 amide bonds. The van der Waals surface area contributed by atoms with E-state index in [4.69, 9.17) is 8.83 Å². The lowest BCUT2D eigenvalue weighted by molar-refractivity contribution is 0.662. The molecule has 0 spiro atoms. The molecule has 8 aromatic carbocycles. The van der Waals surface area contributed by atoms with Crippen molar-refractivity contribution in [1.29, 1.82) is 0 Å². The molecule has 0 radical (unpaired) electrons. The van der Waals surface area contributed by atoms with Gasteiger partial charge in [0.05, 0.1) is 22.1 Å². The topological polar surface area (TPSA) is 29.5 Å². The molecule has 1 aliphatic carbocycles. The number of hydrogen-bond donors (Lipinski definition) is 0. The average Bonchev–Trinajstić information content (AvgIpc) is 3.88. The van der Waals surface area contributed by atoms with Crippen molar-refractivity contribution in [3.05, 3.63) is 199 Å². The zero-order chi connectivity index (χ0) is 35.1. The maximum Gasteiger partial charge on any atom is 0.137 e. The van der Waals surface area contributed by atoms with Gasteiger partial charge in [0.2, 0.25) is 0 Å². The number of anilines is 3. The third-order valence-corrected chi connectivity index (χ3v) is 11.4. The zero-order valence-electron chi connectivity index (χ0n) is 29.1. The standard InChI is InChI=1S/C50H33NO2/c1-50(40-20-9-5-16-36(40)37-17-6-10-21-41(37)50)34-30-43(49-39-19-8-12-24-45(39)53-47(49)31-34)51(35-28-26-33(27-29-35)32-14-3-2-4-15-32)42-22-13-25-46-48(42)38-18-7-11-23-44(38)52-46/h2-31H,1H3. The molecule has 0 saturated carbocycles. The van der Waals surface area contributed by atoms with Crippen LogP contribution in [0.2, 0.25) is 0 Å².